The van der Waals surface area contributed by atoms with E-state index in [-0.39, 0.29) is 22.8 Å². The largest absolute Gasteiger partial charge is 0.507 e. The molecule has 4 nitrogen and oxygen atoms in total. The number of nitrogens with zero attached hydrogens (tertiary/aromatic N) is 1. The average Bonchev–Trinajstić information content (AvgIpc) is 2.29. The number of benzene rings is 1. The molecule has 100 valence electrons. The first kappa shape index (κ1) is 15.0. The molecule has 2 N–H and O–H groups in total. The average molecular weight is 315 g/mol. The van der Waals surface area contributed by atoms with E-state index in [0.29, 0.717) is 6.54 Å². The van der Waals surface area contributed by atoms with E-state index >= 15 is 0 Å². The number of rotatable bonds is 4. The van der Waals surface area contributed by atoms with Crippen LogP contribution in [0.3, 0.4) is 0 Å². The summed E-state index contributed by atoms with van der Waals surface area (Å²) < 4.78 is 0.761. The van der Waals surface area contributed by atoms with Crippen molar-refractivity contribution in [2.45, 2.75) is 19.4 Å². The van der Waals surface area contributed by atoms with Crippen LogP contribution in [-0.4, -0.2) is 42.1 Å². The van der Waals surface area contributed by atoms with Crippen molar-refractivity contribution in [3.8, 4) is 5.75 Å². The molecule has 0 spiro atoms. The second-order valence-electron chi connectivity index (χ2n) is 5.05. The third-order valence-corrected chi connectivity index (χ3v) is 3.59. The van der Waals surface area contributed by atoms with Crippen LogP contribution in [0.1, 0.15) is 24.2 Å². The Morgan fingerprint density at radius 1 is 1.44 bits per heavy atom. The standard InChI is InChI=1S/C13H19BrN2O2/c1-13(2,16(3)4)8-15-12(18)10-7-9(14)5-6-11(10)17/h5-7,17H,8H2,1-4H3,(H,15,18). The third kappa shape index (κ3) is 3.71. The van der Waals surface area contributed by atoms with Gasteiger partial charge in [0.2, 0.25) is 0 Å². The normalized spacial score (nSPS) is 11.7. The number of carbonyl (C=O) groups is 1. The van der Waals surface area contributed by atoms with E-state index in [1.165, 1.54) is 6.07 Å². The van der Waals surface area contributed by atoms with Gasteiger partial charge in [0.1, 0.15) is 5.75 Å². The van der Waals surface area contributed by atoms with Crippen LogP contribution in [-0.2, 0) is 0 Å². The predicted octanol–water partition coefficient (Wildman–Crippen LogP) is 2.22. The third-order valence-electron chi connectivity index (χ3n) is 3.10. The van der Waals surface area contributed by atoms with Crippen LogP contribution >= 0.6 is 15.9 Å². The van der Waals surface area contributed by atoms with Crippen molar-refractivity contribution in [2.24, 2.45) is 0 Å². The number of amides is 1. The van der Waals surface area contributed by atoms with Gasteiger partial charge in [0.25, 0.3) is 5.91 Å². The second kappa shape index (κ2) is 5.71. The summed E-state index contributed by atoms with van der Waals surface area (Å²) in [5.74, 6) is -0.290. The molecule has 0 radical (unpaired) electrons. The molecule has 0 aromatic heterocycles. The van der Waals surface area contributed by atoms with E-state index in [2.05, 4.69) is 21.2 Å². The number of phenols is 1. The zero-order valence-electron chi connectivity index (χ0n) is 11.1. The fraction of sp³-hybridized carbons (Fsp3) is 0.462. The lowest BCUT2D eigenvalue weighted by atomic mass is 10.0. The minimum absolute atomic E-state index is 0.0154. The fourth-order valence-electron chi connectivity index (χ4n) is 1.24. The number of hydrogen-bond acceptors (Lipinski definition) is 3. The van der Waals surface area contributed by atoms with Crippen LogP contribution in [0.2, 0.25) is 0 Å². The molecule has 0 atom stereocenters. The van der Waals surface area contributed by atoms with Gasteiger partial charge < -0.3 is 15.3 Å². The summed E-state index contributed by atoms with van der Waals surface area (Å²) in [4.78, 5) is 14.0. The highest BCUT2D eigenvalue weighted by molar-refractivity contribution is 9.10. The van der Waals surface area contributed by atoms with Crippen molar-refractivity contribution in [3.63, 3.8) is 0 Å². The lowest BCUT2D eigenvalue weighted by Crippen LogP contribution is -2.48. The van der Waals surface area contributed by atoms with Gasteiger partial charge in [0.15, 0.2) is 0 Å². The van der Waals surface area contributed by atoms with Gasteiger partial charge in [-0.2, -0.15) is 0 Å². The van der Waals surface area contributed by atoms with Gasteiger partial charge in [-0.15, -0.1) is 0 Å². The van der Waals surface area contributed by atoms with E-state index in [4.69, 9.17) is 0 Å². The topological polar surface area (TPSA) is 52.6 Å². The van der Waals surface area contributed by atoms with E-state index in [1.54, 1.807) is 12.1 Å². The quantitative estimate of drug-likeness (QED) is 0.896. The van der Waals surface area contributed by atoms with Gasteiger partial charge in [-0.3, -0.25) is 4.79 Å². The van der Waals surface area contributed by atoms with Crippen LogP contribution < -0.4 is 5.32 Å². The maximum atomic E-state index is 12.0. The molecule has 0 fully saturated rings. The number of carbonyl (C=O) groups excluding carboxylic acids is 1. The molecule has 5 heteroatoms. The number of aromatic hydroxyl groups is 1. The molecule has 0 saturated carbocycles. The summed E-state index contributed by atoms with van der Waals surface area (Å²) in [6.45, 7) is 4.58. The SMILES string of the molecule is CN(C)C(C)(C)CNC(=O)c1cc(Br)ccc1O. The van der Waals surface area contributed by atoms with Gasteiger partial charge >= 0.3 is 0 Å². The van der Waals surface area contributed by atoms with Crippen LogP contribution in [0.25, 0.3) is 0 Å². The van der Waals surface area contributed by atoms with Crippen LogP contribution in [0, 0.1) is 0 Å². The molecule has 1 rings (SSSR count). The number of halogens is 1. The molecule has 0 bridgehead atoms. The second-order valence-corrected chi connectivity index (χ2v) is 5.97. The lowest BCUT2D eigenvalue weighted by Gasteiger charge is -2.32. The van der Waals surface area contributed by atoms with Crippen molar-refractivity contribution in [1.82, 2.24) is 10.2 Å². The smallest absolute Gasteiger partial charge is 0.255 e. The van der Waals surface area contributed by atoms with Gasteiger partial charge in [-0.25, -0.2) is 0 Å². The Morgan fingerprint density at radius 3 is 2.61 bits per heavy atom. The van der Waals surface area contributed by atoms with Crippen molar-refractivity contribution in [3.05, 3.63) is 28.2 Å². The minimum Gasteiger partial charge on any atom is -0.507 e. The van der Waals surface area contributed by atoms with E-state index in [1.807, 2.05) is 32.8 Å². The van der Waals surface area contributed by atoms with Crippen molar-refractivity contribution >= 4 is 21.8 Å². The molecular weight excluding hydrogens is 296 g/mol. The molecule has 1 aromatic carbocycles. The Labute approximate surface area is 116 Å². The molecule has 0 aliphatic heterocycles. The highest BCUT2D eigenvalue weighted by atomic mass is 79.9. The van der Waals surface area contributed by atoms with Crippen LogP contribution in [0.5, 0.6) is 5.75 Å². The molecule has 0 unspecified atom stereocenters. The Bertz CT molecular complexity index is 445. The van der Waals surface area contributed by atoms with Crippen molar-refractivity contribution in [1.29, 1.82) is 0 Å². The number of likely N-dealkylation sites (N-methyl/N-ethyl adjacent to an activating group) is 1. The monoisotopic (exact) mass is 314 g/mol. The highest BCUT2D eigenvalue weighted by Gasteiger charge is 2.22. The number of phenolic OH excluding ortho intramolecular Hbond substituents is 1. The first-order chi connectivity index (χ1) is 8.24. The first-order valence-electron chi connectivity index (χ1n) is 5.68. The maximum absolute atomic E-state index is 12.0. The van der Waals surface area contributed by atoms with E-state index < -0.39 is 0 Å². The molecule has 1 aromatic rings. The van der Waals surface area contributed by atoms with E-state index in [9.17, 15) is 9.90 Å². The van der Waals surface area contributed by atoms with Gasteiger partial charge in [0.05, 0.1) is 5.56 Å². The zero-order chi connectivity index (χ0) is 13.9. The fourth-order valence-corrected chi connectivity index (χ4v) is 1.60. The minimum atomic E-state index is -0.274. The van der Waals surface area contributed by atoms with E-state index in [0.717, 1.165) is 4.47 Å². The van der Waals surface area contributed by atoms with Crippen molar-refractivity contribution in [2.75, 3.05) is 20.6 Å². The molecule has 18 heavy (non-hydrogen) atoms. The molecule has 0 saturated heterocycles. The molecule has 0 aliphatic rings. The summed E-state index contributed by atoms with van der Waals surface area (Å²) in [7, 11) is 3.92. The maximum Gasteiger partial charge on any atom is 0.255 e. The lowest BCUT2D eigenvalue weighted by molar-refractivity contribution is 0.0917. The Hall–Kier alpha value is -1.07. The summed E-state index contributed by atoms with van der Waals surface area (Å²) >= 11 is 3.28. The first-order valence-corrected chi connectivity index (χ1v) is 6.47. The molecule has 0 aliphatic carbocycles. The summed E-state index contributed by atoms with van der Waals surface area (Å²) in [6.07, 6.45) is 0. The van der Waals surface area contributed by atoms with Gasteiger partial charge in [0, 0.05) is 16.6 Å². The summed E-state index contributed by atoms with van der Waals surface area (Å²) in [6, 6.07) is 4.79. The molecule has 0 heterocycles. The Kier molecular flexibility index (Phi) is 4.76. The van der Waals surface area contributed by atoms with Crippen LogP contribution in [0.4, 0.5) is 0 Å². The predicted molar refractivity (Wildman–Crippen MR) is 75.9 cm³/mol. The van der Waals surface area contributed by atoms with Crippen molar-refractivity contribution < 1.29 is 9.90 Å². The van der Waals surface area contributed by atoms with Gasteiger partial charge in [-0.1, -0.05) is 15.9 Å². The Balaban J connectivity index is 2.75. The van der Waals surface area contributed by atoms with Gasteiger partial charge in [-0.05, 0) is 46.1 Å². The number of nitrogens with one attached hydrogen (secondary N) is 1. The van der Waals surface area contributed by atoms with Crippen LogP contribution in [0.15, 0.2) is 22.7 Å². The highest BCUT2D eigenvalue weighted by Crippen LogP contribution is 2.21. The summed E-state index contributed by atoms with van der Waals surface area (Å²) in [5.41, 5.74) is 0.135. The summed E-state index contributed by atoms with van der Waals surface area (Å²) in [5, 5.41) is 12.5. The number of hydrogen-bond donors (Lipinski definition) is 2. The molecule has 1 amide bonds. The molecular formula is C13H19BrN2O2. The Morgan fingerprint density at radius 2 is 2.06 bits per heavy atom. The zero-order valence-corrected chi connectivity index (χ0v) is 12.7.